The summed E-state index contributed by atoms with van der Waals surface area (Å²) in [6, 6.07) is 11.2. The predicted molar refractivity (Wildman–Crippen MR) is 111 cm³/mol. The van der Waals surface area contributed by atoms with Crippen molar-refractivity contribution in [1.29, 1.82) is 0 Å². The molecule has 0 spiro atoms. The van der Waals surface area contributed by atoms with Crippen LogP contribution in [-0.2, 0) is 6.54 Å². The predicted octanol–water partition coefficient (Wildman–Crippen LogP) is 2.96. The first-order valence-electron chi connectivity index (χ1n) is 9.37. The number of amides is 1. The van der Waals surface area contributed by atoms with E-state index in [0.29, 0.717) is 36.1 Å². The standard InChI is InChI=1S/C21H23ClN4O3/c1-24(2)21(27)20-16(26-10-14(22)8-9-19(26)23-20)12-25(3)11-15-13-28-17-6-4-5-7-18(17)29-15/h4-10,15H,11-13H2,1-3H3. The summed E-state index contributed by atoms with van der Waals surface area (Å²) in [5.41, 5.74) is 1.91. The van der Waals surface area contributed by atoms with Gasteiger partial charge in [-0.3, -0.25) is 9.69 Å². The van der Waals surface area contributed by atoms with Crippen LogP contribution in [0.1, 0.15) is 16.2 Å². The molecule has 1 aliphatic heterocycles. The fraction of sp³-hybridized carbons (Fsp3) is 0.333. The highest BCUT2D eigenvalue weighted by Crippen LogP contribution is 2.31. The van der Waals surface area contributed by atoms with E-state index < -0.39 is 0 Å². The minimum absolute atomic E-state index is 0.106. The lowest BCUT2D eigenvalue weighted by Gasteiger charge is -2.29. The number of nitrogens with zero attached hydrogens (tertiary/aromatic N) is 4. The molecule has 29 heavy (non-hydrogen) atoms. The van der Waals surface area contributed by atoms with E-state index in [-0.39, 0.29) is 12.0 Å². The Hall–Kier alpha value is -2.77. The smallest absolute Gasteiger partial charge is 0.273 e. The molecule has 1 aliphatic rings. The average molecular weight is 415 g/mol. The maximum absolute atomic E-state index is 12.7. The summed E-state index contributed by atoms with van der Waals surface area (Å²) < 4.78 is 13.7. The first-order valence-corrected chi connectivity index (χ1v) is 9.75. The van der Waals surface area contributed by atoms with Gasteiger partial charge in [0.1, 0.15) is 18.4 Å². The summed E-state index contributed by atoms with van der Waals surface area (Å²) in [4.78, 5) is 20.8. The zero-order chi connectivity index (χ0) is 20.5. The number of carbonyl (C=O) groups is 1. The van der Waals surface area contributed by atoms with Crippen LogP contribution in [0.15, 0.2) is 42.6 Å². The second-order valence-electron chi connectivity index (χ2n) is 7.38. The number of rotatable bonds is 5. The van der Waals surface area contributed by atoms with Crippen molar-refractivity contribution in [3.05, 3.63) is 59.0 Å². The van der Waals surface area contributed by atoms with Crippen LogP contribution in [0.5, 0.6) is 11.5 Å². The van der Waals surface area contributed by atoms with Crippen LogP contribution in [0, 0.1) is 0 Å². The number of hydrogen-bond donors (Lipinski definition) is 0. The molecule has 0 saturated carbocycles. The van der Waals surface area contributed by atoms with E-state index in [0.717, 1.165) is 17.2 Å². The largest absolute Gasteiger partial charge is 0.486 e. The molecule has 3 aromatic rings. The molecule has 8 heteroatoms. The van der Waals surface area contributed by atoms with Gasteiger partial charge in [-0.25, -0.2) is 4.98 Å². The first-order chi connectivity index (χ1) is 13.9. The Kier molecular flexibility index (Phi) is 5.34. The van der Waals surface area contributed by atoms with Crippen LogP contribution in [0.25, 0.3) is 5.65 Å². The van der Waals surface area contributed by atoms with Crippen molar-refractivity contribution < 1.29 is 14.3 Å². The molecule has 0 fully saturated rings. The number of ether oxygens (including phenoxy) is 2. The van der Waals surface area contributed by atoms with E-state index in [2.05, 4.69) is 9.88 Å². The number of halogens is 1. The summed E-state index contributed by atoms with van der Waals surface area (Å²) in [6.07, 6.45) is 1.68. The van der Waals surface area contributed by atoms with E-state index >= 15 is 0 Å². The minimum atomic E-state index is -0.139. The number of para-hydroxylation sites is 2. The van der Waals surface area contributed by atoms with E-state index in [1.165, 1.54) is 4.90 Å². The molecule has 1 atom stereocenters. The molecule has 7 nitrogen and oxygen atoms in total. The Morgan fingerprint density at radius 3 is 2.72 bits per heavy atom. The molecule has 1 amide bonds. The van der Waals surface area contributed by atoms with Crippen molar-refractivity contribution in [3.63, 3.8) is 0 Å². The quantitative estimate of drug-likeness (QED) is 0.642. The molecule has 0 bridgehead atoms. The van der Waals surface area contributed by atoms with Crippen LogP contribution in [0.2, 0.25) is 5.02 Å². The van der Waals surface area contributed by atoms with Gasteiger partial charge >= 0.3 is 0 Å². The second-order valence-corrected chi connectivity index (χ2v) is 7.81. The van der Waals surface area contributed by atoms with E-state index in [1.54, 1.807) is 26.4 Å². The van der Waals surface area contributed by atoms with Crippen molar-refractivity contribution in [2.24, 2.45) is 0 Å². The topological polar surface area (TPSA) is 59.3 Å². The summed E-state index contributed by atoms with van der Waals surface area (Å²) in [7, 11) is 5.42. The Morgan fingerprint density at radius 1 is 1.21 bits per heavy atom. The van der Waals surface area contributed by atoms with Crippen molar-refractivity contribution in [2.75, 3.05) is 34.3 Å². The van der Waals surface area contributed by atoms with Gasteiger partial charge in [0.25, 0.3) is 5.91 Å². The van der Waals surface area contributed by atoms with Gasteiger partial charge in [0, 0.05) is 33.4 Å². The number of fused-ring (bicyclic) bond motifs is 2. The minimum Gasteiger partial charge on any atom is -0.486 e. The molecule has 0 aliphatic carbocycles. The third-order valence-corrected chi connectivity index (χ3v) is 5.02. The van der Waals surface area contributed by atoms with Gasteiger partial charge in [-0.2, -0.15) is 0 Å². The maximum atomic E-state index is 12.7. The molecule has 1 unspecified atom stereocenters. The van der Waals surface area contributed by atoms with Gasteiger partial charge < -0.3 is 18.8 Å². The van der Waals surface area contributed by atoms with Gasteiger partial charge in [-0.05, 0) is 31.3 Å². The lowest BCUT2D eigenvalue weighted by Crippen LogP contribution is -2.39. The number of pyridine rings is 1. The van der Waals surface area contributed by atoms with Gasteiger partial charge in [0.05, 0.1) is 10.7 Å². The third kappa shape index (κ3) is 4.02. The van der Waals surface area contributed by atoms with Gasteiger partial charge in [-0.1, -0.05) is 23.7 Å². The number of benzene rings is 1. The monoisotopic (exact) mass is 414 g/mol. The maximum Gasteiger partial charge on any atom is 0.273 e. The van der Waals surface area contributed by atoms with Crippen molar-refractivity contribution in [1.82, 2.24) is 19.2 Å². The van der Waals surface area contributed by atoms with Crippen LogP contribution in [0.3, 0.4) is 0 Å². The van der Waals surface area contributed by atoms with Crippen LogP contribution in [0.4, 0.5) is 0 Å². The van der Waals surface area contributed by atoms with E-state index in [4.69, 9.17) is 21.1 Å². The molecule has 4 rings (SSSR count). The Bertz CT molecular complexity index is 1050. The van der Waals surface area contributed by atoms with Crippen LogP contribution in [-0.4, -0.2) is 65.5 Å². The van der Waals surface area contributed by atoms with Crippen molar-refractivity contribution in [3.8, 4) is 11.5 Å². The third-order valence-electron chi connectivity index (χ3n) is 4.79. The molecule has 152 valence electrons. The normalized spacial score (nSPS) is 15.7. The molecular weight excluding hydrogens is 392 g/mol. The second kappa shape index (κ2) is 7.93. The Balaban J connectivity index is 1.56. The average Bonchev–Trinajstić information content (AvgIpc) is 3.04. The van der Waals surface area contributed by atoms with E-state index in [1.807, 2.05) is 41.8 Å². The molecule has 0 saturated heterocycles. The number of aromatic nitrogens is 2. The number of likely N-dealkylation sites (N-methyl/N-ethyl adjacent to an activating group) is 1. The zero-order valence-corrected chi connectivity index (χ0v) is 17.4. The fourth-order valence-electron chi connectivity index (χ4n) is 3.42. The fourth-order valence-corrected chi connectivity index (χ4v) is 3.58. The highest BCUT2D eigenvalue weighted by Gasteiger charge is 2.25. The summed E-state index contributed by atoms with van der Waals surface area (Å²) in [5, 5.41) is 0.586. The van der Waals surface area contributed by atoms with Crippen molar-refractivity contribution >= 4 is 23.2 Å². The number of imidazole rings is 1. The molecule has 2 aromatic heterocycles. The molecular formula is C21H23ClN4O3. The highest BCUT2D eigenvalue weighted by atomic mass is 35.5. The lowest BCUT2D eigenvalue weighted by atomic mass is 10.2. The van der Waals surface area contributed by atoms with Crippen molar-refractivity contribution in [2.45, 2.75) is 12.6 Å². The van der Waals surface area contributed by atoms with Gasteiger partial charge in [0.15, 0.2) is 17.2 Å². The zero-order valence-electron chi connectivity index (χ0n) is 16.6. The number of carbonyl (C=O) groups excluding carboxylic acids is 1. The summed E-state index contributed by atoms with van der Waals surface area (Å²) in [6.45, 7) is 1.62. The molecule has 3 heterocycles. The highest BCUT2D eigenvalue weighted by molar-refractivity contribution is 6.30. The van der Waals surface area contributed by atoms with Gasteiger partial charge in [-0.15, -0.1) is 0 Å². The molecule has 0 radical (unpaired) electrons. The van der Waals surface area contributed by atoms with Crippen LogP contribution < -0.4 is 9.47 Å². The SMILES string of the molecule is CN(Cc1c(C(=O)N(C)C)nc2ccc(Cl)cn12)CC1COc2ccccc2O1. The number of hydrogen-bond acceptors (Lipinski definition) is 5. The summed E-state index contributed by atoms with van der Waals surface area (Å²) >= 11 is 6.19. The Morgan fingerprint density at radius 2 is 1.97 bits per heavy atom. The van der Waals surface area contributed by atoms with Gasteiger partial charge in [0.2, 0.25) is 0 Å². The summed E-state index contributed by atoms with van der Waals surface area (Å²) in [5.74, 6) is 1.38. The molecule has 0 N–H and O–H groups in total. The lowest BCUT2D eigenvalue weighted by molar-refractivity contribution is 0.0632. The van der Waals surface area contributed by atoms with E-state index in [9.17, 15) is 4.79 Å². The Labute approximate surface area is 174 Å². The van der Waals surface area contributed by atoms with Crippen LogP contribution >= 0.6 is 11.6 Å². The molecule has 1 aromatic carbocycles. The first kappa shape index (κ1) is 19.5.